The molecule has 2 aromatic carbocycles. The molecule has 4 N–H and O–H groups in total. The van der Waals surface area contributed by atoms with Crippen molar-refractivity contribution in [3.05, 3.63) is 70.7 Å². The largest absolute Gasteiger partial charge is 0.393 e. The second kappa shape index (κ2) is 9.17. The number of nitrogens with two attached hydrogens (primary N) is 1. The first-order valence-corrected chi connectivity index (χ1v) is 10.5. The van der Waals surface area contributed by atoms with Gasteiger partial charge < -0.3 is 15.5 Å². The van der Waals surface area contributed by atoms with Gasteiger partial charge in [0, 0.05) is 36.3 Å². The topological polar surface area (TPSA) is 99.4 Å². The summed E-state index contributed by atoms with van der Waals surface area (Å²) in [6, 6.07) is 13.6. The Morgan fingerprint density at radius 3 is 2.39 bits per heavy atom. The van der Waals surface area contributed by atoms with Gasteiger partial charge >= 0.3 is 0 Å². The van der Waals surface area contributed by atoms with Crippen molar-refractivity contribution in [2.45, 2.75) is 0 Å². The first kappa shape index (κ1) is 20.9. The van der Waals surface area contributed by atoms with Crippen LogP contribution in [0.5, 0.6) is 0 Å². The molecule has 0 atom stereocenters. The number of amides is 1. The van der Waals surface area contributed by atoms with Gasteiger partial charge in [0.2, 0.25) is 0 Å². The molecule has 0 spiro atoms. The summed E-state index contributed by atoms with van der Waals surface area (Å²) in [7, 11) is 0. The number of piperazine rings is 1. The number of hydrazine groups is 1. The highest BCUT2D eigenvalue weighted by atomic mass is 79.9. The van der Waals surface area contributed by atoms with E-state index in [-0.39, 0.29) is 11.7 Å². The number of rotatable bonds is 5. The van der Waals surface area contributed by atoms with Gasteiger partial charge in [0.25, 0.3) is 5.91 Å². The van der Waals surface area contributed by atoms with E-state index < -0.39 is 0 Å². The van der Waals surface area contributed by atoms with E-state index in [0.717, 1.165) is 18.8 Å². The summed E-state index contributed by atoms with van der Waals surface area (Å²) in [5, 5.41) is 0. The predicted molar refractivity (Wildman–Crippen MR) is 123 cm³/mol. The Kier molecular flexibility index (Phi) is 6.17. The van der Waals surface area contributed by atoms with Gasteiger partial charge in [-0.15, -0.1) is 0 Å². The monoisotopic (exact) mass is 485 g/mol. The molecule has 0 unspecified atom stereocenters. The Hall–Kier alpha value is -3.40. The summed E-state index contributed by atoms with van der Waals surface area (Å²) < 4.78 is 13.8. The maximum Gasteiger partial charge on any atom is 0.270 e. The van der Waals surface area contributed by atoms with Crippen molar-refractivity contribution in [3.63, 3.8) is 0 Å². The molecule has 1 saturated heterocycles. The van der Waals surface area contributed by atoms with Crippen LogP contribution < -0.4 is 26.4 Å². The van der Waals surface area contributed by atoms with Crippen LogP contribution in [-0.2, 0) is 0 Å². The summed E-state index contributed by atoms with van der Waals surface area (Å²) >= 11 is 3.36. The van der Waals surface area contributed by atoms with Crippen molar-refractivity contribution in [2.75, 3.05) is 47.1 Å². The molecule has 3 aromatic rings. The fourth-order valence-corrected chi connectivity index (χ4v) is 3.86. The van der Waals surface area contributed by atoms with E-state index in [9.17, 15) is 9.18 Å². The van der Waals surface area contributed by atoms with Crippen LogP contribution in [0.2, 0.25) is 0 Å². The molecule has 1 amide bonds. The summed E-state index contributed by atoms with van der Waals surface area (Å²) in [5.41, 5.74) is 13.5. The van der Waals surface area contributed by atoms with Crippen LogP contribution >= 0.6 is 15.9 Å². The molecule has 8 nitrogen and oxygen atoms in total. The third-order valence-corrected chi connectivity index (χ3v) is 5.74. The summed E-state index contributed by atoms with van der Waals surface area (Å²) in [4.78, 5) is 25.1. The zero-order valence-corrected chi connectivity index (χ0v) is 18.1. The fraction of sp³-hybridized carbons (Fsp3) is 0.190. The Balaban J connectivity index is 1.40. The molecule has 1 aliphatic rings. The number of nitrogen functional groups attached to an aromatic ring is 1. The number of hydrogen-bond donors (Lipinski definition) is 3. The number of hydrogen-bond acceptors (Lipinski definition) is 7. The molecule has 1 fully saturated rings. The molecule has 0 radical (unpaired) electrons. The molecule has 0 aliphatic carbocycles. The number of carbonyl (C=O) groups excluding carboxylic acids is 1. The number of carbonyl (C=O) groups is 1. The highest BCUT2D eigenvalue weighted by Gasteiger charge is 2.22. The van der Waals surface area contributed by atoms with E-state index in [0.29, 0.717) is 40.4 Å². The van der Waals surface area contributed by atoms with E-state index in [2.05, 4.69) is 46.5 Å². The minimum atomic E-state index is -0.319. The van der Waals surface area contributed by atoms with Crippen LogP contribution in [0.25, 0.3) is 0 Å². The van der Waals surface area contributed by atoms with Gasteiger partial charge in [-0.05, 0) is 52.3 Å². The highest BCUT2D eigenvalue weighted by molar-refractivity contribution is 9.10. The van der Waals surface area contributed by atoms with Gasteiger partial charge in [0.1, 0.15) is 17.8 Å². The number of anilines is 4. The van der Waals surface area contributed by atoms with Crippen molar-refractivity contribution < 1.29 is 9.18 Å². The zero-order chi connectivity index (χ0) is 21.8. The van der Waals surface area contributed by atoms with Gasteiger partial charge in [-0.3, -0.25) is 15.6 Å². The average Bonchev–Trinajstić information content (AvgIpc) is 2.79. The number of aromatic nitrogens is 2. The third kappa shape index (κ3) is 4.69. The van der Waals surface area contributed by atoms with Gasteiger partial charge in [-0.25, -0.2) is 14.4 Å². The van der Waals surface area contributed by atoms with Crippen LogP contribution in [0.3, 0.4) is 0 Å². The van der Waals surface area contributed by atoms with Crippen molar-refractivity contribution in [2.24, 2.45) is 0 Å². The molecule has 0 bridgehead atoms. The standard InChI is InChI=1S/C21H21BrFN7O/c22-17-4-2-1-3-16(17)21(31)28-27-19-18(24)20(26-13-25-19)30-11-9-29(10-12-30)15-7-5-14(23)6-8-15/h1-8,13H,9-12,24H2,(H,28,31)(H,25,26,27). The van der Waals surface area contributed by atoms with E-state index >= 15 is 0 Å². The fourth-order valence-electron chi connectivity index (χ4n) is 3.39. The predicted octanol–water partition coefficient (Wildman–Crippen LogP) is 3.04. The molecule has 1 aliphatic heterocycles. The molecule has 0 saturated carbocycles. The van der Waals surface area contributed by atoms with Crippen molar-refractivity contribution >= 4 is 44.8 Å². The van der Waals surface area contributed by atoms with Gasteiger partial charge in [0.05, 0.1) is 5.56 Å². The highest BCUT2D eigenvalue weighted by Crippen LogP contribution is 2.27. The number of halogens is 2. The molecule has 4 rings (SSSR count). The Morgan fingerprint density at radius 2 is 1.68 bits per heavy atom. The Morgan fingerprint density at radius 1 is 1.00 bits per heavy atom. The van der Waals surface area contributed by atoms with Gasteiger partial charge in [0.15, 0.2) is 11.6 Å². The number of nitrogens with one attached hydrogen (secondary N) is 2. The minimum absolute atomic E-state index is 0.247. The number of nitrogens with zero attached hydrogens (tertiary/aromatic N) is 4. The van der Waals surface area contributed by atoms with Gasteiger partial charge in [-0.1, -0.05) is 12.1 Å². The van der Waals surface area contributed by atoms with Crippen LogP contribution in [0.4, 0.5) is 27.4 Å². The molecular formula is C21H21BrFN7O. The second-order valence-electron chi connectivity index (χ2n) is 6.97. The van der Waals surface area contributed by atoms with E-state index in [1.807, 2.05) is 6.07 Å². The molecular weight excluding hydrogens is 465 g/mol. The summed E-state index contributed by atoms with van der Waals surface area (Å²) in [6.45, 7) is 2.88. The quantitative estimate of drug-likeness (QED) is 0.477. The smallest absolute Gasteiger partial charge is 0.270 e. The zero-order valence-electron chi connectivity index (χ0n) is 16.6. The molecule has 1 aromatic heterocycles. The van der Waals surface area contributed by atoms with Crippen LogP contribution in [-0.4, -0.2) is 42.1 Å². The lowest BCUT2D eigenvalue weighted by atomic mass is 10.2. The van der Waals surface area contributed by atoms with E-state index in [1.54, 1.807) is 30.3 Å². The SMILES string of the molecule is Nc1c(NNC(=O)c2ccccc2Br)ncnc1N1CCN(c2ccc(F)cc2)CC1. The maximum absolute atomic E-state index is 13.2. The van der Waals surface area contributed by atoms with Crippen molar-refractivity contribution in [1.82, 2.24) is 15.4 Å². The first-order valence-electron chi connectivity index (χ1n) is 9.70. The van der Waals surface area contributed by atoms with Crippen molar-refractivity contribution in [3.8, 4) is 0 Å². The maximum atomic E-state index is 13.2. The average molecular weight is 486 g/mol. The normalized spacial score (nSPS) is 13.7. The lowest BCUT2D eigenvalue weighted by Crippen LogP contribution is -2.47. The lowest BCUT2D eigenvalue weighted by molar-refractivity contribution is 0.0961. The van der Waals surface area contributed by atoms with Crippen LogP contribution in [0.15, 0.2) is 59.3 Å². The Bertz CT molecular complexity index is 1070. The minimum Gasteiger partial charge on any atom is -0.393 e. The van der Waals surface area contributed by atoms with Gasteiger partial charge in [-0.2, -0.15) is 0 Å². The van der Waals surface area contributed by atoms with Crippen molar-refractivity contribution in [1.29, 1.82) is 0 Å². The third-order valence-electron chi connectivity index (χ3n) is 5.05. The van der Waals surface area contributed by atoms with E-state index in [1.165, 1.54) is 18.5 Å². The second-order valence-corrected chi connectivity index (χ2v) is 7.82. The number of benzene rings is 2. The van der Waals surface area contributed by atoms with Crippen LogP contribution in [0, 0.1) is 5.82 Å². The molecule has 2 heterocycles. The molecule has 10 heteroatoms. The Labute approximate surface area is 187 Å². The molecule has 31 heavy (non-hydrogen) atoms. The van der Waals surface area contributed by atoms with Crippen LogP contribution in [0.1, 0.15) is 10.4 Å². The lowest BCUT2D eigenvalue weighted by Gasteiger charge is -2.37. The summed E-state index contributed by atoms with van der Waals surface area (Å²) in [6.07, 6.45) is 1.41. The van der Waals surface area contributed by atoms with E-state index in [4.69, 9.17) is 5.73 Å². The molecule has 160 valence electrons. The summed E-state index contributed by atoms with van der Waals surface area (Å²) in [5.74, 6) is 0.362. The first-order chi connectivity index (χ1) is 15.0.